The molecule has 20 heavy (non-hydrogen) atoms. The van der Waals surface area contributed by atoms with E-state index in [-0.39, 0.29) is 29.0 Å². The zero-order valence-electron chi connectivity index (χ0n) is 11.2. The molecule has 1 aliphatic heterocycles. The highest BCUT2D eigenvalue weighted by atomic mass is 19.1. The van der Waals surface area contributed by atoms with Crippen molar-refractivity contribution in [3.63, 3.8) is 0 Å². The van der Waals surface area contributed by atoms with E-state index in [9.17, 15) is 9.18 Å². The Morgan fingerprint density at radius 1 is 1.45 bits per heavy atom. The first kappa shape index (κ1) is 12.8. The lowest BCUT2D eigenvalue weighted by Gasteiger charge is -2.13. The number of carbonyl (C=O) groups excluding carboxylic acids is 1. The number of hydrogen-bond acceptors (Lipinski definition) is 4. The summed E-state index contributed by atoms with van der Waals surface area (Å²) in [5, 5.41) is 6.54. The first-order valence-electron chi connectivity index (χ1n) is 6.40. The van der Waals surface area contributed by atoms with Gasteiger partial charge in [-0.25, -0.2) is 4.39 Å². The molecule has 0 radical (unpaired) electrons. The van der Waals surface area contributed by atoms with Gasteiger partial charge < -0.3 is 9.84 Å². The SMILES string of the molecule is Cc1cccc(-c2noc(C3(C)CCNC3=O)n2)c1F. The monoisotopic (exact) mass is 275 g/mol. The van der Waals surface area contributed by atoms with Crippen molar-refractivity contribution >= 4 is 5.91 Å². The predicted molar refractivity (Wildman–Crippen MR) is 69.4 cm³/mol. The van der Waals surface area contributed by atoms with E-state index in [1.807, 2.05) is 0 Å². The minimum Gasteiger partial charge on any atom is -0.355 e. The van der Waals surface area contributed by atoms with Crippen LogP contribution in [0.5, 0.6) is 0 Å². The third-order valence-electron chi connectivity index (χ3n) is 3.74. The Hall–Kier alpha value is -2.24. The Balaban J connectivity index is 2.03. The normalized spacial score (nSPS) is 22.1. The van der Waals surface area contributed by atoms with E-state index < -0.39 is 5.41 Å². The van der Waals surface area contributed by atoms with Crippen molar-refractivity contribution in [3.05, 3.63) is 35.5 Å². The van der Waals surface area contributed by atoms with E-state index >= 15 is 0 Å². The highest BCUT2D eigenvalue weighted by Gasteiger charge is 2.44. The van der Waals surface area contributed by atoms with Gasteiger partial charge in [0.25, 0.3) is 0 Å². The molecule has 0 aliphatic carbocycles. The molecule has 3 rings (SSSR count). The summed E-state index contributed by atoms with van der Waals surface area (Å²) >= 11 is 0. The van der Waals surface area contributed by atoms with Crippen molar-refractivity contribution in [3.8, 4) is 11.4 Å². The predicted octanol–water partition coefficient (Wildman–Crippen LogP) is 1.96. The molecule has 1 aliphatic rings. The number of nitrogens with one attached hydrogen (secondary N) is 1. The number of hydrogen-bond donors (Lipinski definition) is 1. The number of halogens is 1. The summed E-state index contributed by atoms with van der Waals surface area (Å²) in [6.07, 6.45) is 0.587. The number of carbonyl (C=O) groups is 1. The second-order valence-corrected chi connectivity index (χ2v) is 5.20. The van der Waals surface area contributed by atoms with E-state index in [0.29, 0.717) is 18.5 Å². The first-order valence-corrected chi connectivity index (χ1v) is 6.40. The number of nitrogens with zero attached hydrogens (tertiary/aromatic N) is 2. The topological polar surface area (TPSA) is 68.0 Å². The molecule has 0 saturated carbocycles. The summed E-state index contributed by atoms with van der Waals surface area (Å²) in [7, 11) is 0. The largest absolute Gasteiger partial charge is 0.355 e. The smallest absolute Gasteiger partial charge is 0.242 e. The Kier molecular flexibility index (Phi) is 2.81. The van der Waals surface area contributed by atoms with Crippen molar-refractivity contribution in [2.75, 3.05) is 6.54 Å². The number of aromatic nitrogens is 2. The highest BCUT2D eigenvalue weighted by molar-refractivity contribution is 5.88. The molecule has 1 fully saturated rings. The van der Waals surface area contributed by atoms with Crippen molar-refractivity contribution in [1.82, 2.24) is 15.5 Å². The van der Waals surface area contributed by atoms with Crippen LogP contribution >= 0.6 is 0 Å². The molecule has 1 aromatic heterocycles. The quantitative estimate of drug-likeness (QED) is 0.909. The van der Waals surface area contributed by atoms with E-state index in [2.05, 4.69) is 15.5 Å². The third-order valence-corrected chi connectivity index (χ3v) is 3.74. The summed E-state index contributed by atoms with van der Waals surface area (Å²) < 4.78 is 19.2. The zero-order chi connectivity index (χ0) is 14.3. The van der Waals surface area contributed by atoms with Gasteiger partial charge in [-0.15, -0.1) is 0 Å². The fourth-order valence-electron chi connectivity index (χ4n) is 2.32. The Morgan fingerprint density at radius 2 is 2.25 bits per heavy atom. The molecular formula is C14H14FN3O2. The lowest BCUT2D eigenvalue weighted by molar-refractivity contribution is -0.124. The van der Waals surface area contributed by atoms with Crippen LogP contribution in [0.25, 0.3) is 11.4 Å². The maximum Gasteiger partial charge on any atom is 0.242 e. The van der Waals surface area contributed by atoms with Gasteiger partial charge in [0.05, 0.1) is 5.56 Å². The second kappa shape index (κ2) is 4.40. The van der Waals surface area contributed by atoms with Gasteiger partial charge in [-0.1, -0.05) is 17.3 Å². The van der Waals surface area contributed by atoms with Crippen molar-refractivity contribution in [2.45, 2.75) is 25.7 Å². The molecule has 2 heterocycles. The van der Waals surface area contributed by atoms with Crippen LogP contribution in [0, 0.1) is 12.7 Å². The van der Waals surface area contributed by atoms with Crippen LogP contribution < -0.4 is 5.32 Å². The van der Waals surface area contributed by atoms with Crippen molar-refractivity contribution < 1.29 is 13.7 Å². The van der Waals surface area contributed by atoms with Crippen LogP contribution in [0.3, 0.4) is 0 Å². The van der Waals surface area contributed by atoms with E-state index in [4.69, 9.17) is 4.52 Å². The Bertz CT molecular complexity index is 683. The van der Waals surface area contributed by atoms with E-state index in [1.165, 1.54) is 0 Å². The van der Waals surface area contributed by atoms with Crippen LogP contribution in [-0.2, 0) is 10.2 Å². The van der Waals surface area contributed by atoms with Gasteiger partial charge in [-0.2, -0.15) is 4.98 Å². The fraction of sp³-hybridized carbons (Fsp3) is 0.357. The van der Waals surface area contributed by atoms with Gasteiger partial charge in [-0.05, 0) is 31.9 Å². The van der Waals surface area contributed by atoms with Gasteiger partial charge in [0, 0.05) is 6.54 Å². The molecule has 2 aromatic rings. The highest BCUT2D eigenvalue weighted by Crippen LogP contribution is 2.32. The van der Waals surface area contributed by atoms with Crippen LogP contribution in [0.4, 0.5) is 4.39 Å². The second-order valence-electron chi connectivity index (χ2n) is 5.20. The average Bonchev–Trinajstić information content (AvgIpc) is 3.02. The number of rotatable bonds is 2. The van der Waals surface area contributed by atoms with Gasteiger partial charge in [-0.3, -0.25) is 4.79 Å². The molecule has 5 nitrogen and oxygen atoms in total. The molecular weight excluding hydrogens is 261 g/mol. The molecule has 1 N–H and O–H groups in total. The van der Waals surface area contributed by atoms with Gasteiger partial charge >= 0.3 is 0 Å². The summed E-state index contributed by atoms with van der Waals surface area (Å²) in [5.74, 6) is -0.121. The van der Waals surface area contributed by atoms with Gasteiger partial charge in [0.1, 0.15) is 11.2 Å². The van der Waals surface area contributed by atoms with Crippen molar-refractivity contribution in [2.24, 2.45) is 0 Å². The molecule has 1 atom stereocenters. The molecule has 6 heteroatoms. The standard InChI is InChI=1S/C14H14FN3O2/c1-8-4-3-5-9(10(8)15)11-17-13(20-18-11)14(2)6-7-16-12(14)19/h3-5H,6-7H2,1-2H3,(H,16,19). The summed E-state index contributed by atoms with van der Waals surface area (Å²) in [6.45, 7) is 4.00. The molecule has 1 saturated heterocycles. The minimum atomic E-state index is -0.828. The number of aryl methyl sites for hydroxylation is 1. The molecule has 1 aromatic carbocycles. The Morgan fingerprint density at radius 3 is 2.95 bits per heavy atom. The van der Waals surface area contributed by atoms with Gasteiger partial charge in [0.2, 0.25) is 17.6 Å². The van der Waals surface area contributed by atoms with E-state index in [0.717, 1.165) is 0 Å². The lowest BCUT2D eigenvalue weighted by atomic mass is 9.89. The van der Waals surface area contributed by atoms with Crippen LogP contribution in [0.1, 0.15) is 24.8 Å². The molecule has 104 valence electrons. The van der Waals surface area contributed by atoms with Crippen LogP contribution in [0.15, 0.2) is 22.7 Å². The van der Waals surface area contributed by atoms with Gasteiger partial charge in [0.15, 0.2) is 0 Å². The number of amides is 1. The maximum atomic E-state index is 14.0. The van der Waals surface area contributed by atoms with Crippen molar-refractivity contribution in [1.29, 1.82) is 0 Å². The third kappa shape index (κ3) is 1.79. The summed E-state index contributed by atoms with van der Waals surface area (Å²) in [4.78, 5) is 16.1. The number of benzene rings is 1. The van der Waals surface area contributed by atoms with Crippen LogP contribution in [0.2, 0.25) is 0 Å². The summed E-state index contributed by atoms with van der Waals surface area (Å²) in [5.41, 5.74) is -0.0355. The fourth-order valence-corrected chi connectivity index (χ4v) is 2.32. The lowest BCUT2D eigenvalue weighted by Crippen LogP contribution is -2.32. The molecule has 0 bridgehead atoms. The average molecular weight is 275 g/mol. The summed E-state index contributed by atoms with van der Waals surface area (Å²) in [6, 6.07) is 4.99. The zero-order valence-corrected chi connectivity index (χ0v) is 11.2. The molecule has 1 unspecified atom stereocenters. The van der Waals surface area contributed by atoms with Crippen LogP contribution in [-0.4, -0.2) is 22.6 Å². The first-order chi connectivity index (χ1) is 9.52. The van der Waals surface area contributed by atoms with E-state index in [1.54, 1.807) is 32.0 Å². The molecule has 0 spiro atoms. The maximum absolute atomic E-state index is 14.0. The minimum absolute atomic E-state index is 0.141. The Labute approximate surface area is 115 Å². The molecule has 1 amide bonds.